The second-order valence-electron chi connectivity index (χ2n) is 5.17. The molecule has 1 aromatic heterocycles. The average molecular weight is 344 g/mol. The Morgan fingerprint density at radius 1 is 1.30 bits per heavy atom. The van der Waals surface area contributed by atoms with Gasteiger partial charge in [0, 0.05) is 18.5 Å². The smallest absolute Gasteiger partial charge is 0.146 e. The lowest BCUT2D eigenvalue weighted by molar-refractivity contribution is -0.128. The van der Waals surface area contributed by atoms with Crippen molar-refractivity contribution < 1.29 is 4.79 Å². The zero-order valence-electron chi connectivity index (χ0n) is 13.0. The van der Waals surface area contributed by atoms with E-state index in [1.165, 1.54) is 0 Å². The molecule has 0 saturated heterocycles. The van der Waals surface area contributed by atoms with E-state index in [2.05, 4.69) is 28.0 Å². The van der Waals surface area contributed by atoms with E-state index >= 15 is 0 Å². The van der Waals surface area contributed by atoms with Crippen molar-refractivity contribution in [2.75, 3.05) is 6.54 Å². The highest BCUT2D eigenvalue weighted by molar-refractivity contribution is 9.10. The van der Waals surface area contributed by atoms with E-state index in [0.717, 1.165) is 41.7 Å². The molecule has 0 saturated carbocycles. The molecule has 114 valence electrons. The molecule has 2 N–H and O–H groups in total. The van der Waals surface area contributed by atoms with Crippen LogP contribution in [0, 0.1) is 5.41 Å². The predicted octanol–water partition coefficient (Wildman–Crippen LogP) is 3.10. The molecule has 0 aliphatic heterocycles. The summed E-state index contributed by atoms with van der Waals surface area (Å²) in [4.78, 5) is 12.7. The van der Waals surface area contributed by atoms with Gasteiger partial charge >= 0.3 is 0 Å². The number of carbonyl (C=O) groups is 1. The Kier molecular flexibility index (Phi) is 6.40. The normalized spacial score (nSPS) is 11.9. The van der Waals surface area contributed by atoms with Crippen molar-refractivity contribution in [1.29, 1.82) is 0 Å². The fraction of sp³-hybridized carbons (Fsp3) is 0.733. The molecular weight excluding hydrogens is 318 g/mol. The molecule has 0 bridgehead atoms. The van der Waals surface area contributed by atoms with Gasteiger partial charge in [-0.1, -0.05) is 20.8 Å². The van der Waals surface area contributed by atoms with Gasteiger partial charge in [0.15, 0.2) is 0 Å². The van der Waals surface area contributed by atoms with Gasteiger partial charge in [-0.05, 0) is 42.1 Å². The topological polar surface area (TPSA) is 60.9 Å². The number of nitrogens with two attached hydrogens (primary N) is 1. The van der Waals surface area contributed by atoms with Crippen molar-refractivity contribution in [3.8, 4) is 0 Å². The maximum atomic E-state index is 12.7. The summed E-state index contributed by atoms with van der Waals surface area (Å²) >= 11 is 3.60. The number of carbonyl (C=O) groups excluding carboxylic acids is 1. The van der Waals surface area contributed by atoms with Crippen LogP contribution in [-0.2, 0) is 24.2 Å². The summed E-state index contributed by atoms with van der Waals surface area (Å²) in [5.41, 5.74) is 7.47. The van der Waals surface area contributed by atoms with Gasteiger partial charge in [0.2, 0.25) is 0 Å². The summed E-state index contributed by atoms with van der Waals surface area (Å²) in [6.45, 7) is 9.38. The molecule has 1 rings (SSSR count). The van der Waals surface area contributed by atoms with Crippen LogP contribution in [-0.4, -0.2) is 22.1 Å². The standard InChI is InChI=1S/C15H26BrN3O/c1-5-11-14(16)12(19(8-4)18-11)9-13(20)15(6-2,7-3)10-17/h5-10,17H2,1-4H3. The van der Waals surface area contributed by atoms with Gasteiger partial charge in [0.25, 0.3) is 0 Å². The van der Waals surface area contributed by atoms with Gasteiger partial charge in [0.1, 0.15) is 5.78 Å². The van der Waals surface area contributed by atoms with Crippen LogP contribution in [0.4, 0.5) is 0 Å². The average Bonchev–Trinajstić information content (AvgIpc) is 2.78. The lowest BCUT2D eigenvalue weighted by atomic mass is 9.77. The first-order chi connectivity index (χ1) is 9.49. The Labute approximate surface area is 130 Å². The maximum Gasteiger partial charge on any atom is 0.146 e. The predicted molar refractivity (Wildman–Crippen MR) is 85.8 cm³/mol. The number of ketones is 1. The lowest BCUT2D eigenvalue weighted by Crippen LogP contribution is -2.39. The van der Waals surface area contributed by atoms with Crippen LogP contribution >= 0.6 is 15.9 Å². The summed E-state index contributed by atoms with van der Waals surface area (Å²) in [6.07, 6.45) is 2.84. The number of hydrogen-bond acceptors (Lipinski definition) is 3. The summed E-state index contributed by atoms with van der Waals surface area (Å²) < 4.78 is 2.90. The fourth-order valence-corrected chi connectivity index (χ4v) is 3.28. The second-order valence-corrected chi connectivity index (χ2v) is 5.96. The van der Waals surface area contributed by atoms with E-state index in [-0.39, 0.29) is 5.78 Å². The summed E-state index contributed by atoms with van der Waals surface area (Å²) in [5.74, 6) is 0.225. The molecule has 0 amide bonds. The fourth-order valence-electron chi connectivity index (χ4n) is 2.57. The van der Waals surface area contributed by atoms with Crippen LogP contribution < -0.4 is 5.73 Å². The van der Waals surface area contributed by atoms with E-state index in [4.69, 9.17) is 5.73 Å². The first-order valence-corrected chi connectivity index (χ1v) is 8.26. The maximum absolute atomic E-state index is 12.7. The minimum Gasteiger partial charge on any atom is -0.329 e. The molecule has 1 heterocycles. The van der Waals surface area contributed by atoms with Crippen LogP contribution in [0.5, 0.6) is 0 Å². The molecule has 0 aliphatic carbocycles. The highest BCUT2D eigenvalue weighted by Crippen LogP contribution is 2.30. The van der Waals surface area contributed by atoms with E-state index in [0.29, 0.717) is 13.0 Å². The summed E-state index contributed by atoms with van der Waals surface area (Å²) in [7, 11) is 0. The number of Topliss-reactive ketones (excluding diaryl/α,β-unsaturated/α-hetero) is 1. The highest BCUT2D eigenvalue weighted by atomic mass is 79.9. The van der Waals surface area contributed by atoms with Gasteiger partial charge in [-0.15, -0.1) is 0 Å². The molecule has 0 unspecified atom stereocenters. The van der Waals surface area contributed by atoms with E-state index in [9.17, 15) is 4.79 Å². The van der Waals surface area contributed by atoms with Crippen LogP contribution in [0.15, 0.2) is 4.47 Å². The number of nitrogens with zero attached hydrogens (tertiary/aromatic N) is 2. The molecule has 0 spiro atoms. The summed E-state index contributed by atoms with van der Waals surface area (Å²) in [5, 5.41) is 4.55. The number of hydrogen-bond donors (Lipinski definition) is 1. The Bertz CT molecular complexity index is 456. The number of aryl methyl sites for hydroxylation is 2. The third kappa shape index (κ3) is 3.14. The minimum atomic E-state index is -0.394. The zero-order chi connectivity index (χ0) is 15.3. The van der Waals surface area contributed by atoms with Crippen LogP contribution in [0.2, 0.25) is 0 Å². The second kappa shape index (κ2) is 7.36. The van der Waals surface area contributed by atoms with Crippen molar-refractivity contribution in [3.63, 3.8) is 0 Å². The van der Waals surface area contributed by atoms with Crippen LogP contribution in [0.1, 0.15) is 51.9 Å². The first kappa shape index (κ1) is 17.4. The monoisotopic (exact) mass is 343 g/mol. The number of aromatic nitrogens is 2. The molecular formula is C15H26BrN3O. The van der Waals surface area contributed by atoms with Crippen molar-refractivity contribution in [2.45, 2.75) is 59.9 Å². The zero-order valence-corrected chi connectivity index (χ0v) is 14.6. The molecule has 5 heteroatoms. The molecule has 0 radical (unpaired) electrons. The van der Waals surface area contributed by atoms with Crippen molar-refractivity contribution >= 4 is 21.7 Å². The molecule has 4 nitrogen and oxygen atoms in total. The van der Waals surface area contributed by atoms with Gasteiger partial charge in [-0.25, -0.2) is 0 Å². The van der Waals surface area contributed by atoms with Crippen LogP contribution in [0.3, 0.4) is 0 Å². The Morgan fingerprint density at radius 2 is 1.90 bits per heavy atom. The van der Waals surface area contributed by atoms with Crippen molar-refractivity contribution in [1.82, 2.24) is 9.78 Å². The minimum absolute atomic E-state index is 0.225. The van der Waals surface area contributed by atoms with E-state index in [1.54, 1.807) is 0 Å². The van der Waals surface area contributed by atoms with Gasteiger partial charge in [-0.3, -0.25) is 9.48 Å². The Balaban J connectivity index is 3.09. The Hall–Kier alpha value is -0.680. The van der Waals surface area contributed by atoms with Crippen LogP contribution in [0.25, 0.3) is 0 Å². The van der Waals surface area contributed by atoms with Crippen molar-refractivity contribution in [2.24, 2.45) is 11.1 Å². The third-order valence-electron chi connectivity index (χ3n) is 4.36. The largest absolute Gasteiger partial charge is 0.329 e. The Morgan fingerprint density at radius 3 is 2.30 bits per heavy atom. The molecule has 1 aromatic rings. The SMILES string of the molecule is CCc1nn(CC)c(CC(=O)C(CC)(CC)CN)c1Br. The molecule has 0 aliphatic rings. The van der Waals surface area contributed by atoms with E-state index in [1.807, 2.05) is 25.5 Å². The van der Waals surface area contributed by atoms with Crippen molar-refractivity contribution in [3.05, 3.63) is 15.9 Å². The van der Waals surface area contributed by atoms with Gasteiger partial charge < -0.3 is 5.73 Å². The molecule has 20 heavy (non-hydrogen) atoms. The van der Waals surface area contributed by atoms with E-state index < -0.39 is 5.41 Å². The highest BCUT2D eigenvalue weighted by Gasteiger charge is 2.34. The lowest BCUT2D eigenvalue weighted by Gasteiger charge is -2.28. The number of halogens is 1. The first-order valence-electron chi connectivity index (χ1n) is 7.46. The summed E-state index contributed by atoms with van der Waals surface area (Å²) in [6, 6.07) is 0. The van der Waals surface area contributed by atoms with Gasteiger partial charge in [0.05, 0.1) is 22.3 Å². The van der Waals surface area contributed by atoms with Gasteiger partial charge in [-0.2, -0.15) is 5.10 Å². The molecule has 0 atom stereocenters. The quantitative estimate of drug-likeness (QED) is 0.788. The number of rotatable bonds is 8. The molecule has 0 fully saturated rings. The third-order valence-corrected chi connectivity index (χ3v) is 5.27. The molecule has 0 aromatic carbocycles.